The third-order valence-corrected chi connectivity index (χ3v) is 3.23. The maximum Gasteiger partial charge on any atom is 0.305 e. The lowest BCUT2D eigenvalue weighted by atomic mass is 9.93. The highest BCUT2D eigenvalue weighted by atomic mass is 35.5. The summed E-state index contributed by atoms with van der Waals surface area (Å²) in [6.07, 6.45) is 6.86. The molecule has 1 aliphatic rings. The Morgan fingerprint density at radius 3 is 2.76 bits per heavy atom. The van der Waals surface area contributed by atoms with E-state index in [1.165, 1.54) is 6.20 Å². The first-order valence-corrected chi connectivity index (χ1v) is 5.95. The lowest BCUT2D eigenvalue weighted by Crippen LogP contribution is -2.37. The molecule has 1 fully saturated rings. The molecule has 0 bridgehead atoms. The number of aliphatic carboxylic acids is 1. The molecule has 2 N–H and O–H groups in total. The van der Waals surface area contributed by atoms with E-state index in [0.29, 0.717) is 11.0 Å². The van der Waals surface area contributed by atoms with Crippen LogP contribution in [0.2, 0.25) is 5.15 Å². The molecule has 6 heteroatoms. The zero-order valence-corrected chi connectivity index (χ0v) is 10.1. The second-order valence-corrected chi connectivity index (χ2v) is 4.80. The number of anilines is 1. The van der Waals surface area contributed by atoms with Crippen LogP contribution in [-0.2, 0) is 4.79 Å². The lowest BCUT2D eigenvalue weighted by Gasteiger charge is -2.29. The minimum Gasteiger partial charge on any atom is -0.481 e. The number of halogens is 1. The molecule has 17 heavy (non-hydrogen) atoms. The van der Waals surface area contributed by atoms with Crippen molar-refractivity contribution >= 4 is 23.4 Å². The third-order valence-electron chi connectivity index (χ3n) is 3.05. The zero-order valence-electron chi connectivity index (χ0n) is 9.32. The molecular weight excluding hydrogens is 242 g/mol. The Bertz CT molecular complexity index is 419. The molecule has 1 aromatic rings. The third kappa shape index (κ3) is 3.06. The van der Waals surface area contributed by atoms with E-state index in [9.17, 15) is 4.79 Å². The topological polar surface area (TPSA) is 75.1 Å². The standard InChI is InChI=1S/C11H14ClN3O2/c12-8-6-13-7-9(14-8)15-11(5-10(16)17)3-1-2-4-11/h6-7H,1-5H2,(H,14,15)(H,16,17). The minimum absolute atomic E-state index is 0.0984. The summed E-state index contributed by atoms with van der Waals surface area (Å²) in [5.41, 5.74) is -0.398. The van der Waals surface area contributed by atoms with Gasteiger partial charge in [-0.3, -0.25) is 9.78 Å². The molecule has 0 radical (unpaired) electrons. The second-order valence-electron chi connectivity index (χ2n) is 4.41. The van der Waals surface area contributed by atoms with Gasteiger partial charge in [0.15, 0.2) is 0 Å². The molecule has 0 unspecified atom stereocenters. The smallest absolute Gasteiger partial charge is 0.305 e. The van der Waals surface area contributed by atoms with Crippen molar-refractivity contribution in [2.45, 2.75) is 37.6 Å². The summed E-state index contributed by atoms with van der Waals surface area (Å²) in [5, 5.41) is 12.5. The van der Waals surface area contributed by atoms with E-state index in [2.05, 4.69) is 15.3 Å². The Labute approximate surface area is 104 Å². The molecule has 1 saturated carbocycles. The molecule has 5 nitrogen and oxygen atoms in total. The summed E-state index contributed by atoms with van der Waals surface area (Å²) < 4.78 is 0. The summed E-state index contributed by atoms with van der Waals surface area (Å²) in [4.78, 5) is 18.9. The summed E-state index contributed by atoms with van der Waals surface area (Å²) in [7, 11) is 0. The average Bonchev–Trinajstić information content (AvgIpc) is 2.65. The van der Waals surface area contributed by atoms with Crippen LogP contribution in [0.25, 0.3) is 0 Å². The van der Waals surface area contributed by atoms with E-state index >= 15 is 0 Å². The molecule has 2 rings (SSSR count). The summed E-state index contributed by atoms with van der Waals surface area (Å²) >= 11 is 5.75. The van der Waals surface area contributed by atoms with E-state index in [-0.39, 0.29) is 6.42 Å². The van der Waals surface area contributed by atoms with Crippen LogP contribution >= 0.6 is 11.6 Å². The van der Waals surface area contributed by atoms with Gasteiger partial charge in [-0.1, -0.05) is 24.4 Å². The molecule has 1 aliphatic carbocycles. The zero-order chi connectivity index (χ0) is 12.3. The van der Waals surface area contributed by atoms with Crippen LogP contribution in [0.3, 0.4) is 0 Å². The van der Waals surface area contributed by atoms with Gasteiger partial charge in [0.05, 0.1) is 18.8 Å². The fraction of sp³-hybridized carbons (Fsp3) is 0.545. The predicted octanol–water partition coefficient (Wildman–Crippen LogP) is 2.33. The quantitative estimate of drug-likeness (QED) is 0.864. The summed E-state index contributed by atoms with van der Waals surface area (Å²) in [5.74, 6) is -0.255. The maximum absolute atomic E-state index is 10.9. The Morgan fingerprint density at radius 1 is 1.47 bits per heavy atom. The van der Waals surface area contributed by atoms with Crippen LogP contribution in [0, 0.1) is 0 Å². The first-order valence-electron chi connectivity index (χ1n) is 5.57. The van der Waals surface area contributed by atoms with Gasteiger partial charge in [0.2, 0.25) is 0 Å². The maximum atomic E-state index is 10.9. The Morgan fingerprint density at radius 2 is 2.18 bits per heavy atom. The highest BCUT2D eigenvalue weighted by Crippen LogP contribution is 2.35. The fourth-order valence-electron chi connectivity index (χ4n) is 2.36. The van der Waals surface area contributed by atoms with Crippen molar-refractivity contribution in [3.05, 3.63) is 17.5 Å². The van der Waals surface area contributed by atoms with Gasteiger partial charge < -0.3 is 10.4 Å². The number of hydrogen-bond donors (Lipinski definition) is 2. The van der Waals surface area contributed by atoms with Crippen LogP contribution in [0.4, 0.5) is 5.82 Å². The predicted molar refractivity (Wildman–Crippen MR) is 64.1 cm³/mol. The number of nitrogens with one attached hydrogen (secondary N) is 1. The molecule has 0 saturated heterocycles. The average molecular weight is 256 g/mol. The number of carbonyl (C=O) groups is 1. The Kier molecular flexibility index (Phi) is 3.47. The summed E-state index contributed by atoms with van der Waals surface area (Å²) in [6, 6.07) is 0. The van der Waals surface area contributed by atoms with Crippen molar-refractivity contribution < 1.29 is 9.90 Å². The SMILES string of the molecule is O=C(O)CC1(Nc2cncc(Cl)n2)CCCC1. The van der Waals surface area contributed by atoms with Gasteiger partial charge in [0.1, 0.15) is 11.0 Å². The van der Waals surface area contributed by atoms with Crippen molar-refractivity contribution in [2.24, 2.45) is 0 Å². The Hall–Kier alpha value is -1.36. The first kappa shape index (κ1) is 12.1. The number of hydrogen-bond acceptors (Lipinski definition) is 4. The molecule has 0 spiro atoms. The lowest BCUT2D eigenvalue weighted by molar-refractivity contribution is -0.138. The minimum atomic E-state index is -0.797. The van der Waals surface area contributed by atoms with E-state index in [0.717, 1.165) is 25.7 Å². The normalized spacial score (nSPS) is 17.9. The van der Waals surface area contributed by atoms with Gasteiger partial charge in [0.25, 0.3) is 0 Å². The molecular formula is C11H14ClN3O2. The van der Waals surface area contributed by atoms with Crippen LogP contribution in [0.1, 0.15) is 32.1 Å². The van der Waals surface area contributed by atoms with Crippen molar-refractivity contribution in [1.82, 2.24) is 9.97 Å². The number of nitrogens with zero attached hydrogens (tertiary/aromatic N) is 2. The Balaban J connectivity index is 2.15. The number of aromatic nitrogens is 2. The van der Waals surface area contributed by atoms with Crippen molar-refractivity contribution in [3.63, 3.8) is 0 Å². The summed E-state index contributed by atoms with van der Waals surface area (Å²) in [6.45, 7) is 0. The van der Waals surface area contributed by atoms with Crippen LogP contribution in [0.15, 0.2) is 12.4 Å². The number of carboxylic acids is 1. The number of carboxylic acid groups (broad SMARTS) is 1. The fourth-order valence-corrected chi connectivity index (χ4v) is 2.51. The van der Waals surface area contributed by atoms with Gasteiger partial charge >= 0.3 is 5.97 Å². The van der Waals surface area contributed by atoms with Crippen LogP contribution in [-0.4, -0.2) is 26.6 Å². The second kappa shape index (κ2) is 4.87. The van der Waals surface area contributed by atoms with Crippen LogP contribution < -0.4 is 5.32 Å². The number of rotatable bonds is 4. The molecule has 92 valence electrons. The highest BCUT2D eigenvalue weighted by molar-refractivity contribution is 6.29. The van der Waals surface area contributed by atoms with Crippen molar-refractivity contribution in [3.8, 4) is 0 Å². The van der Waals surface area contributed by atoms with Gasteiger partial charge in [-0.15, -0.1) is 0 Å². The molecule has 0 amide bonds. The molecule has 0 aliphatic heterocycles. The first-order chi connectivity index (χ1) is 8.10. The van der Waals surface area contributed by atoms with Gasteiger partial charge in [-0.25, -0.2) is 4.98 Å². The van der Waals surface area contributed by atoms with Crippen LogP contribution in [0.5, 0.6) is 0 Å². The van der Waals surface area contributed by atoms with Crippen molar-refractivity contribution in [1.29, 1.82) is 0 Å². The van der Waals surface area contributed by atoms with Crippen molar-refractivity contribution in [2.75, 3.05) is 5.32 Å². The van der Waals surface area contributed by atoms with Gasteiger partial charge in [0, 0.05) is 5.54 Å². The van der Waals surface area contributed by atoms with Gasteiger partial charge in [-0.2, -0.15) is 0 Å². The van der Waals surface area contributed by atoms with Gasteiger partial charge in [-0.05, 0) is 12.8 Å². The van der Waals surface area contributed by atoms with E-state index in [4.69, 9.17) is 16.7 Å². The van der Waals surface area contributed by atoms with E-state index in [1.54, 1.807) is 6.20 Å². The van der Waals surface area contributed by atoms with E-state index < -0.39 is 11.5 Å². The molecule has 0 atom stereocenters. The van der Waals surface area contributed by atoms with E-state index in [1.807, 2.05) is 0 Å². The molecule has 1 heterocycles. The highest BCUT2D eigenvalue weighted by Gasteiger charge is 2.36. The largest absolute Gasteiger partial charge is 0.481 e. The molecule has 1 aromatic heterocycles. The monoisotopic (exact) mass is 255 g/mol. The molecule has 0 aromatic carbocycles.